The number of carbonyl (C=O) groups excluding carboxylic acids is 2. The first kappa shape index (κ1) is 58.2. The molecule has 0 saturated carbocycles. The Bertz CT molecular complexity index is 1080. The number of aliphatic hydroxyl groups excluding tert-OH is 1. The van der Waals surface area contributed by atoms with E-state index in [-0.39, 0.29) is 32.1 Å². The van der Waals surface area contributed by atoms with Crippen molar-refractivity contribution in [3.63, 3.8) is 0 Å². The van der Waals surface area contributed by atoms with Crippen LogP contribution in [0.25, 0.3) is 0 Å². The van der Waals surface area contributed by atoms with Gasteiger partial charge >= 0.3 is 13.8 Å². The van der Waals surface area contributed by atoms with Gasteiger partial charge in [0, 0.05) is 19.4 Å². The van der Waals surface area contributed by atoms with E-state index < -0.39 is 26.5 Å². The molecular formula is C50H94NO8P. The van der Waals surface area contributed by atoms with Crippen LogP contribution in [0.5, 0.6) is 0 Å². The Morgan fingerprint density at radius 2 is 0.900 bits per heavy atom. The summed E-state index contributed by atoms with van der Waals surface area (Å²) in [5.74, 6) is -0.512. The maximum absolute atomic E-state index is 12.1. The lowest BCUT2D eigenvalue weighted by molar-refractivity contribution is -0.147. The number of nitrogens with one attached hydrogen (secondary N) is 1. The predicted octanol–water partition coefficient (Wildman–Crippen LogP) is 14.5. The molecule has 9 nitrogen and oxygen atoms in total. The minimum Gasteiger partial charge on any atom is -0.463 e. The normalized spacial score (nSPS) is 13.5. The summed E-state index contributed by atoms with van der Waals surface area (Å²) in [6.45, 7) is 3.56. The Labute approximate surface area is 369 Å². The van der Waals surface area contributed by atoms with Gasteiger partial charge < -0.3 is 20.1 Å². The van der Waals surface area contributed by atoms with Gasteiger partial charge in [-0.2, -0.15) is 0 Å². The van der Waals surface area contributed by atoms with E-state index in [0.717, 1.165) is 51.4 Å². The Morgan fingerprint density at radius 3 is 1.38 bits per heavy atom. The van der Waals surface area contributed by atoms with E-state index in [2.05, 4.69) is 55.6 Å². The Morgan fingerprint density at radius 1 is 0.517 bits per heavy atom. The van der Waals surface area contributed by atoms with Crippen LogP contribution in [0, 0.1) is 0 Å². The number of carbonyl (C=O) groups is 2. The number of amides is 1. The summed E-state index contributed by atoms with van der Waals surface area (Å²) in [6, 6.07) is 0. The van der Waals surface area contributed by atoms with Crippen molar-refractivity contribution in [2.24, 2.45) is 0 Å². The average molecular weight is 868 g/mol. The number of unbranched alkanes of at least 4 members (excludes halogenated alkanes) is 28. The number of esters is 1. The molecule has 0 fully saturated rings. The minimum absolute atomic E-state index is 0.0806. The van der Waals surface area contributed by atoms with E-state index in [4.69, 9.17) is 13.8 Å². The lowest BCUT2D eigenvalue weighted by Crippen LogP contribution is -2.27. The average Bonchev–Trinajstić information content (AvgIpc) is 3.23. The molecule has 0 aliphatic heterocycles. The number of ether oxygens (including phenoxy) is 1. The van der Waals surface area contributed by atoms with Crippen molar-refractivity contribution in [2.45, 2.75) is 245 Å². The van der Waals surface area contributed by atoms with Gasteiger partial charge in [-0.15, -0.1) is 0 Å². The number of hydrogen-bond donors (Lipinski definition) is 3. The number of allylic oxidation sites excluding steroid dienone is 6. The molecule has 0 aromatic carbocycles. The third kappa shape index (κ3) is 47.3. The lowest BCUT2D eigenvalue weighted by atomic mass is 10.0. The highest BCUT2D eigenvalue weighted by Crippen LogP contribution is 2.42. The number of rotatable bonds is 47. The second kappa shape index (κ2) is 46.7. The van der Waals surface area contributed by atoms with Crippen LogP contribution >= 0.6 is 7.82 Å². The summed E-state index contributed by atoms with van der Waals surface area (Å²) >= 11 is 0. The van der Waals surface area contributed by atoms with Gasteiger partial charge in [-0.1, -0.05) is 211 Å². The van der Waals surface area contributed by atoms with Crippen LogP contribution in [-0.4, -0.2) is 54.3 Å². The van der Waals surface area contributed by atoms with Crippen LogP contribution in [0.2, 0.25) is 0 Å². The molecule has 0 aromatic heterocycles. The summed E-state index contributed by atoms with van der Waals surface area (Å²) < 4.78 is 27.0. The molecule has 2 atom stereocenters. The van der Waals surface area contributed by atoms with Crippen molar-refractivity contribution in [2.75, 3.05) is 26.4 Å². The van der Waals surface area contributed by atoms with E-state index >= 15 is 0 Å². The fraction of sp³-hybridized carbons (Fsp3) is 0.840. The van der Waals surface area contributed by atoms with Crippen LogP contribution in [0.4, 0.5) is 0 Å². The van der Waals surface area contributed by atoms with Crippen LogP contribution in [0.1, 0.15) is 239 Å². The zero-order valence-electron chi connectivity index (χ0n) is 38.9. The third-order valence-electron chi connectivity index (χ3n) is 10.8. The quantitative estimate of drug-likeness (QED) is 0.0238. The largest absolute Gasteiger partial charge is 0.472 e. The molecule has 1 amide bonds. The molecule has 0 aliphatic carbocycles. The second-order valence-corrected chi connectivity index (χ2v) is 18.2. The van der Waals surface area contributed by atoms with E-state index in [1.165, 1.54) is 161 Å². The number of phosphoric ester groups is 1. The van der Waals surface area contributed by atoms with Crippen LogP contribution < -0.4 is 5.32 Å². The summed E-state index contributed by atoms with van der Waals surface area (Å²) in [4.78, 5) is 34.0. The van der Waals surface area contributed by atoms with Gasteiger partial charge in [0.25, 0.3) is 0 Å². The fourth-order valence-corrected chi connectivity index (χ4v) is 7.79. The van der Waals surface area contributed by atoms with E-state index in [1.54, 1.807) is 0 Å². The van der Waals surface area contributed by atoms with E-state index in [9.17, 15) is 24.2 Å². The van der Waals surface area contributed by atoms with Gasteiger partial charge in [0.2, 0.25) is 5.91 Å². The first-order chi connectivity index (χ1) is 29.3. The molecule has 10 heteroatoms. The van der Waals surface area contributed by atoms with Crippen molar-refractivity contribution in [3.05, 3.63) is 36.5 Å². The zero-order chi connectivity index (χ0) is 43.9. The Balaban J connectivity index is 3.55. The molecular weight excluding hydrogens is 774 g/mol. The number of hydrogen-bond acceptors (Lipinski definition) is 7. The predicted molar refractivity (Wildman–Crippen MR) is 252 cm³/mol. The topological polar surface area (TPSA) is 131 Å². The summed E-state index contributed by atoms with van der Waals surface area (Å²) in [6.07, 6.45) is 53.6. The Kier molecular flexibility index (Phi) is 45.3. The summed E-state index contributed by atoms with van der Waals surface area (Å²) in [5, 5.41) is 12.7. The molecule has 0 rings (SSSR count). The molecule has 0 heterocycles. The van der Waals surface area contributed by atoms with Crippen molar-refractivity contribution in [1.82, 2.24) is 5.32 Å². The standard InChI is InChI=1S/C50H94NO8P/c1-3-5-7-9-11-13-15-17-19-21-22-23-24-25-26-27-28-30-32-34-36-38-40-42-49(53)51-44-45-58-60(55,56)59-47-48(52)46-57-50(54)43-41-39-37-35-33-31-29-20-18-16-14-12-10-8-6-4-2/h11,13,17,19,22-23,48,52H,3-10,12,14-16,18,20-21,24-47H2,1-2H3,(H,51,53)(H,55,56)/b13-11-,19-17-,23-22-. The second-order valence-electron chi connectivity index (χ2n) is 16.8. The highest BCUT2D eigenvalue weighted by molar-refractivity contribution is 7.47. The monoisotopic (exact) mass is 868 g/mol. The van der Waals surface area contributed by atoms with Gasteiger partial charge in [-0.05, 0) is 51.4 Å². The number of phosphoric acid groups is 1. The van der Waals surface area contributed by atoms with Crippen molar-refractivity contribution in [1.29, 1.82) is 0 Å². The van der Waals surface area contributed by atoms with Gasteiger partial charge in [0.1, 0.15) is 12.7 Å². The molecule has 0 spiro atoms. The van der Waals surface area contributed by atoms with Crippen LogP contribution in [0.3, 0.4) is 0 Å². The molecule has 0 saturated heterocycles. The van der Waals surface area contributed by atoms with Crippen molar-refractivity contribution < 1.29 is 37.9 Å². The van der Waals surface area contributed by atoms with Crippen molar-refractivity contribution >= 4 is 19.7 Å². The maximum atomic E-state index is 12.1. The molecule has 2 unspecified atom stereocenters. The first-order valence-corrected chi connectivity index (χ1v) is 26.5. The fourth-order valence-electron chi connectivity index (χ4n) is 7.04. The molecule has 0 radical (unpaired) electrons. The molecule has 0 bridgehead atoms. The summed E-state index contributed by atoms with van der Waals surface area (Å²) in [5.41, 5.74) is 0. The first-order valence-electron chi connectivity index (χ1n) is 25.0. The summed E-state index contributed by atoms with van der Waals surface area (Å²) in [7, 11) is -4.42. The van der Waals surface area contributed by atoms with Crippen molar-refractivity contribution in [3.8, 4) is 0 Å². The Hall–Kier alpha value is -1.77. The third-order valence-corrected chi connectivity index (χ3v) is 11.8. The lowest BCUT2D eigenvalue weighted by Gasteiger charge is -2.15. The van der Waals surface area contributed by atoms with Crippen LogP contribution in [-0.2, 0) is 27.9 Å². The molecule has 60 heavy (non-hydrogen) atoms. The highest BCUT2D eigenvalue weighted by atomic mass is 31.2. The zero-order valence-corrected chi connectivity index (χ0v) is 39.8. The maximum Gasteiger partial charge on any atom is 0.472 e. The molecule has 0 aliphatic rings. The van der Waals surface area contributed by atoms with E-state index in [0.29, 0.717) is 6.42 Å². The van der Waals surface area contributed by atoms with Gasteiger partial charge in [-0.3, -0.25) is 18.6 Å². The SMILES string of the molecule is CCCCC/C=C\C/C=C\C/C=C\CCCCCCCCCCCCC(=O)NCCOP(=O)(O)OCC(O)COC(=O)CCCCCCCCCCCCCCCCCC. The smallest absolute Gasteiger partial charge is 0.463 e. The van der Waals surface area contributed by atoms with Crippen LogP contribution in [0.15, 0.2) is 36.5 Å². The van der Waals surface area contributed by atoms with Gasteiger partial charge in [0.15, 0.2) is 0 Å². The minimum atomic E-state index is -4.42. The van der Waals surface area contributed by atoms with Gasteiger partial charge in [-0.25, -0.2) is 4.57 Å². The highest BCUT2D eigenvalue weighted by Gasteiger charge is 2.23. The van der Waals surface area contributed by atoms with E-state index in [1.807, 2.05) is 0 Å². The molecule has 352 valence electrons. The van der Waals surface area contributed by atoms with Gasteiger partial charge in [0.05, 0.1) is 13.2 Å². The molecule has 0 aromatic rings. The molecule has 3 N–H and O–H groups in total. The number of aliphatic hydroxyl groups is 1.